The van der Waals surface area contributed by atoms with Crippen LogP contribution in [0.3, 0.4) is 0 Å². The third-order valence-electron chi connectivity index (χ3n) is 10.8. The van der Waals surface area contributed by atoms with Crippen LogP contribution in [0.1, 0.15) is 64.2 Å². The molecule has 8 saturated carbocycles. The topological polar surface area (TPSA) is 0 Å². The van der Waals surface area contributed by atoms with E-state index >= 15 is 0 Å². The molecule has 0 radical (unpaired) electrons. The molecule has 0 spiro atoms. The van der Waals surface area contributed by atoms with E-state index in [9.17, 15) is 0 Å². The maximum absolute atomic E-state index is 6.42. The molecule has 0 heteroatoms. The van der Waals surface area contributed by atoms with Gasteiger partial charge in [0.2, 0.25) is 0 Å². The third kappa shape index (κ3) is 1.54. The van der Waals surface area contributed by atoms with Crippen molar-refractivity contribution < 1.29 is 0 Å². The molecule has 142 valence electrons. The smallest absolute Gasteiger partial charge is 0.115 e. The van der Waals surface area contributed by atoms with Crippen molar-refractivity contribution in [1.82, 2.24) is 0 Å². The molecule has 8 fully saturated rings. The summed E-state index contributed by atoms with van der Waals surface area (Å²) >= 11 is 0. The summed E-state index contributed by atoms with van der Waals surface area (Å²) in [5, 5.41) is 0. The average molecular weight is 367 g/mol. The van der Waals surface area contributed by atoms with Gasteiger partial charge in [-0.3, -0.25) is 0 Å². The minimum absolute atomic E-state index is 0.00502. The highest BCUT2D eigenvalue weighted by atomic mass is 14.8. The van der Waals surface area contributed by atoms with Gasteiger partial charge < -0.3 is 0 Å². The van der Waals surface area contributed by atoms with Crippen LogP contribution in [0.25, 0.3) is 0 Å². The van der Waals surface area contributed by atoms with E-state index in [0.29, 0.717) is 17.3 Å². The Balaban J connectivity index is 1.62. The molecular weight excluding hydrogens is 336 g/mol. The summed E-state index contributed by atoms with van der Waals surface area (Å²) in [6.07, 6.45) is 38.1. The Morgan fingerprint density at radius 3 is 1.71 bits per heavy atom. The molecule has 0 aromatic heterocycles. The highest BCUT2D eigenvalue weighted by Crippen LogP contribution is 2.83. The molecule has 0 aromatic rings. The molecule has 0 saturated heterocycles. The molecular formula is C28H30. The van der Waals surface area contributed by atoms with Gasteiger partial charge in [-0.05, 0) is 99.2 Å². The molecule has 8 aliphatic carbocycles. The van der Waals surface area contributed by atoms with Crippen molar-refractivity contribution in [3.63, 3.8) is 0 Å². The van der Waals surface area contributed by atoms with Crippen molar-refractivity contribution in [3.05, 3.63) is 0 Å². The van der Waals surface area contributed by atoms with Crippen LogP contribution in [0.5, 0.6) is 0 Å². The standard InChI is InChI=1S/C28H30/c1-5-24-23-12-22-16-26(24,6-2)27(7-3,8-4)28(17-22,18-23)25-13-19-9-20(14-25)11-21(10-19)15-25/h1-4,19-24H,9-18H2. The summed E-state index contributed by atoms with van der Waals surface area (Å²) in [5.74, 6) is 16.7. The van der Waals surface area contributed by atoms with E-state index in [-0.39, 0.29) is 11.3 Å². The maximum Gasteiger partial charge on any atom is 0.115 e. The van der Waals surface area contributed by atoms with Crippen molar-refractivity contribution >= 4 is 0 Å². The molecule has 8 aliphatic rings. The Morgan fingerprint density at radius 1 is 0.607 bits per heavy atom. The second kappa shape index (κ2) is 5.04. The predicted octanol–water partition coefficient (Wildman–Crippen LogP) is 5.14. The van der Waals surface area contributed by atoms with E-state index in [1.165, 1.54) is 51.4 Å². The van der Waals surface area contributed by atoms with E-state index in [1.54, 1.807) is 0 Å². The molecule has 0 amide bonds. The molecule has 8 bridgehead atoms. The Morgan fingerprint density at radius 2 is 1.21 bits per heavy atom. The first-order valence-electron chi connectivity index (χ1n) is 11.4. The molecule has 5 atom stereocenters. The first-order valence-corrected chi connectivity index (χ1v) is 11.4. The zero-order chi connectivity index (χ0) is 19.4. The van der Waals surface area contributed by atoms with Gasteiger partial charge in [-0.1, -0.05) is 17.8 Å². The molecule has 0 N–H and O–H groups in total. The minimum atomic E-state index is -0.676. The second-order valence-electron chi connectivity index (χ2n) is 11.6. The van der Waals surface area contributed by atoms with Gasteiger partial charge in [0.05, 0.1) is 5.41 Å². The average Bonchev–Trinajstić information content (AvgIpc) is 2.67. The Bertz CT molecular complexity index is 856. The monoisotopic (exact) mass is 366 g/mol. The van der Waals surface area contributed by atoms with Crippen molar-refractivity contribution in [2.75, 3.05) is 0 Å². The lowest BCUT2D eigenvalue weighted by atomic mass is 9.24. The van der Waals surface area contributed by atoms with Gasteiger partial charge in [0, 0.05) is 11.3 Å². The number of rotatable bonds is 1. The van der Waals surface area contributed by atoms with Gasteiger partial charge in [0.25, 0.3) is 0 Å². The largest absolute Gasteiger partial charge is 0.120 e. The molecule has 5 unspecified atom stereocenters. The maximum atomic E-state index is 6.42. The van der Waals surface area contributed by atoms with Crippen LogP contribution >= 0.6 is 0 Å². The van der Waals surface area contributed by atoms with Gasteiger partial charge in [-0.2, -0.15) is 0 Å². The van der Waals surface area contributed by atoms with Crippen molar-refractivity contribution in [1.29, 1.82) is 0 Å². The van der Waals surface area contributed by atoms with E-state index in [4.69, 9.17) is 25.7 Å². The highest BCUT2D eigenvalue weighted by molar-refractivity contribution is 5.47. The summed E-state index contributed by atoms with van der Waals surface area (Å²) in [5.41, 5.74) is -0.867. The minimum Gasteiger partial charge on any atom is -0.120 e. The Kier molecular flexibility index (Phi) is 3.08. The van der Waals surface area contributed by atoms with Gasteiger partial charge in [-0.15, -0.1) is 31.6 Å². The van der Waals surface area contributed by atoms with Crippen LogP contribution in [-0.2, 0) is 0 Å². The lowest BCUT2D eigenvalue weighted by Gasteiger charge is -2.77. The van der Waals surface area contributed by atoms with Crippen LogP contribution in [0.4, 0.5) is 0 Å². The van der Waals surface area contributed by atoms with Gasteiger partial charge in [0.15, 0.2) is 0 Å². The predicted molar refractivity (Wildman–Crippen MR) is 112 cm³/mol. The molecule has 8 rings (SSSR count). The van der Waals surface area contributed by atoms with E-state index in [0.717, 1.165) is 30.6 Å². The van der Waals surface area contributed by atoms with E-state index < -0.39 is 10.8 Å². The van der Waals surface area contributed by atoms with Crippen molar-refractivity contribution in [3.8, 4) is 49.4 Å². The molecule has 0 nitrogen and oxygen atoms in total. The fraction of sp³-hybridized carbons (Fsp3) is 0.714. The van der Waals surface area contributed by atoms with Gasteiger partial charge >= 0.3 is 0 Å². The van der Waals surface area contributed by atoms with Crippen LogP contribution in [0.15, 0.2) is 0 Å². The van der Waals surface area contributed by atoms with Crippen molar-refractivity contribution in [2.45, 2.75) is 64.2 Å². The Labute approximate surface area is 171 Å². The second-order valence-corrected chi connectivity index (χ2v) is 11.6. The number of hydrogen-bond donors (Lipinski definition) is 0. The summed E-state index contributed by atoms with van der Waals surface area (Å²) < 4.78 is 0. The first-order chi connectivity index (χ1) is 13.5. The highest BCUT2D eigenvalue weighted by Gasteiger charge is 2.79. The summed E-state index contributed by atoms with van der Waals surface area (Å²) in [7, 11) is 0. The molecule has 0 heterocycles. The lowest BCUT2D eigenvalue weighted by Crippen LogP contribution is -2.73. The summed E-state index contributed by atoms with van der Waals surface area (Å²) in [4.78, 5) is 0. The van der Waals surface area contributed by atoms with E-state index in [1.807, 2.05) is 0 Å². The number of hydrogen-bond acceptors (Lipinski definition) is 0. The van der Waals surface area contributed by atoms with Crippen LogP contribution in [0.2, 0.25) is 0 Å². The van der Waals surface area contributed by atoms with Gasteiger partial charge in [-0.25, -0.2) is 0 Å². The number of terminal acetylenes is 4. The van der Waals surface area contributed by atoms with Crippen molar-refractivity contribution in [2.24, 2.45) is 57.2 Å². The van der Waals surface area contributed by atoms with Gasteiger partial charge in [0.1, 0.15) is 5.41 Å². The fourth-order valence-electron chi connectivity index (χ4n) is 10.8. The molecule has 28 heavy (non-hydrogen) atoms. The normalized spacial score (nSPS) is 56.4. The van der Waals surface area contributed by atoms with Crippen LogP contribution in [-0.4, -0.2) is 0 Å². The van der Waals surface area contributed by atoms with Crippen LogP contribution in [0, 0.1) is 107 Å². The van der Waals surface area contributed by atoms with Crippen LogP contribution < -0.4 is 0 Å². The zero-order valence-corrected chi connectivity index (χ0v) is 16.8. The third-order valence-corrected chi connectivity index (χ3v) is 10.8. The molecule has 0 aliphatic heterocycles. The zero-order valence-electron chi connectivity index (χ0n) is 16.8. The SMILES string of the molecule is C#CC1C2CC3CC1(C#C)C(C#C)(C#C)C(C14CC5CC(CC(C5)C1)C4)(C3)C2. The summed E-state index contributed by atoms with van der Waals surface area (Å²) in [6, 6.07) is 0. The lowest BCUT2D eigenvalue weighted by molar-refractivity contribution is -0.265. The first kappa shape index (κ1) is 17.1. The quantitative estimate of drug-likeness (QED) is 0.563. The fourth-order valence-corrected chi connectivity index (χ4v) is 10.8. The molecule has 0 aromatic carbocycles. The Hall–Kier alpha value is -1.76. The summed E-state index contributed by atoms with van der Waals surface area (Å²) in [6.45, 7) is 0. The van der Waals surface area contributed by atoms with E-state index in [2.05, 4.69) is 23.7 Å².